The zero-order valence-corrected chi connectivity index (χ0v) is 10.0. The first-order valence-corrected chi connectivity index (χ1v) is 8.36. The Morgan fingerprint density at radius 1 is 1.57 bits per heavy atom. The van der Waals surface area contributed by atoms with Crippen LogP contribution in [0.5, 0.6) is 0 Å². The first kappa shape index (κ1) is 11.1. The van der Waals surface area contributed by atoms with Gasteiger partial charge in [0, 0.05) is 11.3 Å². The van der Waals surface area contributed by atoms with Gasteiger partial charge in [0.25, 0.3) is 0 Å². The number of hydrogen-bond acceptors (Lipinski definition) is 2. The summed E-state index contributed by atoms with van der Waals surface area (Å²) in [5, 5.41) is 3.70. The largest absolute Gasteiger partial charge is 0.548 e. The van der Waals surface area contributed by atoms with Crippen LogP contribution in [0.25, 0.3) is 10.4 Å². The Labute approximate surface area is 85.7 Å². The predicted molar refractivity (Wildman–Crippen MR) is 59.3 cm³/mol. The van der Waals surface area contributed by atoms with Crippen molar-refractivity contribution in [1.29, 1.82) is 0 Å². The van der Waals surface area contributed by atoms with Gasteiger partial charge >= 0.3 is 0 Å². The molecule has 0 radical (unpaired) electrons. The molecule has 1 unspecified atom stereocenters. The fourth-order valence-corrected chi connectivity index (χ4v) is 2.46. The summed E-state index contributed by atoms with van der Waals surface area (Å²) in [6.07, 6.45) is 4.96. The molecule has 0 aromatic rings. The fraction of sp³-hybridized carbons (Fsp3) is 0.778. The summed E-state index contributed by atoms with van der Waals surface area (Å²) in [6, 6.07) is 0.0000926. The average Bonchev–Trinajstić information content (AvgIpc) is 2.02. The minimum atomic E-state index is -1.50. The van der Waals surface area contributed by atoms with E-state index in [1.54, 1.807) is 0 Å². The third-order valence-corrected chi connectivity index (χ3v) is 2.81. The number of azide groups is 1. The van der Waals surface area contributed by atoms with E-state index in [2.05, 4.69) is 29.7 Å². The summed E-state index contributed by atoms with van der Waals surface area (Å²) in [5.41, 5.74) is 8.33. The quantitative estimate of drug-likeness (QED) is 0.304. The highest BCUT2D eigenvalue weighted by Gasteiger charge is 2.20. The van der Waals surface area contributed by atoms with Gasteiger partial charge in [0.1, 0.15) is 0 Å². The van der Waals surface area contributed by atoms with Crippen LogP contribution in [0.4, 0.5) is 0 Å². The molecule has 0 aromatic carbocycles. The lowest BCUT2D eigenvalue weighted by Gasteiger charge is -2.25. The summed E-state index contributed by atoms with van der Waals surface area (Å²) in [5.74, 6) is 1.02. The van der Waals surface area contributed by atoms with Gasteiger partial charge in [0.05, 0.1) is 11.8 Å². The minimum Gasteiger partial charge on any atom is -0.548 e. The van der Waals surface area contributed by atoms with E-state index < -0.39 is 8.32 Å². The average molecular weight is 211 g/mol. The highest BCUT2D eigenvalue weighted by Crippen LogP contribution is 2.24. The van der Waals surface area contributed by atoms with E-state index in [-0.39, 0.29) is 6.04 Å². The van der Waals surface area contributed by atoms with Crippen molar-refractivity contribution in [3.63, 3.8) is 0 Å². The Hall–Kier alpha value is -0.933. The van der Waals surface area contributed by atoms with Gasteiger partial charge in [0.2, 0.25) is 8.32 Å². The lowest BCUT2D eigenvalue weighted by atomic mass is 10.0. The van der Waals surface area contributed by atoms with Crippen molar-refractivity contribution in [2.24, 2.45) is 5.11 Å². The molecular formula is C9H17N3OSi. The molecule has 0 fully saturated rings. The van der Waals surface area contributed by atoms with Crippen molar-refractivity contribution in [2.45, 2.75) is 44.9 Å². The van der Waals surface area contributed by atoms with Gasteiger partial charge in [0.15, 0.2) is 0 Å². The monoisotopic (exact) mass is 211 g/mol. The van der Waals surface area contributed by atoms with E-state index in [1.807, 2.05) is 6.08 Å². The Morgan fingerprint density at radius 2 is 2.29 bits per heavy atom. The molecule has 1 aliphatic rings. The molecule has 0 bridgehead atoms. The Balaban J connectivity index is 2.64. The molecule has 5 heteroatoms. The van der Waals surface area contributed by atoms with Crippen molar-refractivity contribution < 1.29 is 4.43 Å². The molecule has 0 heterocycles. The normalized spacial score (nSPS) is 22.2. The van der Waals surface area contributed by atoms with Crippen LogP contribution in [-0.2, 0) is 4.43 Å². The van der Waals surface area contributed by atoms with Crippen LogP contribution >= 0.6 is 0 Å². The van der Waals surface area contributed by atoms with Gasteiger partial charge in [-0.1, -0.05) is 5.11 Å². The maximum absolute atomic E-state index is 8.33. The summed E-state index contributed by atoms with van der Waals surface area (Å²) in [4.78, 5) is 2.83. The van der Waals surface area contributed by atoms with E-state index in [4.69, 9.17) is 9.96 Å². The van der Waals surface area contributed by atoms with Gasteiger partial charge in [-0.15, -0.1) is 0 Å². The van der Waals surface area contributed by atoms with Gasteiger partial charge in [-0.3, -0.25) is 0 Å². The molecule has 4 nitrogen and oxygen atoms in total. The summed E-state index contributed by atoms with van der Waals surface area (Å²) < 4.78 is 5.87. The fourth-order valence-electron chi connectivity index (χ4n) is 1.50. The Morgan fingerprint density at radius 3 is 2.86 bits per heavy atom. The highest BCUT2D eigenvalue weighted by atomic mass is 28.4. The van der Waals surface area contributed by atoms with Crippen LogP contribution in [0.3, 0.4) is 0 Å². The molecule has 0 aromatic heterocycles. The minimum absolute atomic E-state index is 0.0000926. The van der Waals surface area contributed by atoms with E-state index in [0.29, 0.717) is 0 Å². The lowest BCUT2D eigenvalue weighted by Crippen LogP contribution is -2.26. The second-order valence-electron chi connectivity index (χ2n) is 4.51. The number of rotatable bonds is 3. The molecule has 0 saturated heterocycles. The first-order chi connectivity index (χ1) is 6.51. The Bertz CT molecular complexity index is 276. The molecule has 0 aliphatic heterocycles. The Kier molecular flexibility index (Phi) is 3.60. The predicted octanol–water partition coefficient (Wildman–Crippen LogP) is 3.58. The smallest absolute Gasteiger partial charge is 0.241 e. The van der Waals surface area contributed by atoms with Crippen molar-refractivity contribution in [3.05, 3.63) is 22.3 Å². The lowest BCUT2D eigenvalue weighted by molar-refractivity contribution is 0.373. The second-order valence-corrected chi connectivity index (χ2v) is 8.94. The molecule has 1 atom stereocenters. The second kappa shape index (κ2) is 4.53. The highest BCUT2D eigenvalue weighted by molar-refractivity contribution is 6.70. The molecule has 0 N–H and O–H groups in total. The molecule has 0 saturated carbocycles. The third kappa shape index (κ3) is 3.85. The van der Waals surface area contributed by atoms with Gasteiger partial charge < -0.3 is 4.43 Å². The molecule has 1 rings (SSSR count). The number of hydrogen-bond donors (Lipinski definition) is 0. The van der Waals surface area contributed by atoms with Crippen molar-refractivity contribution in [3.8, 4) is 0 Å². The number of allylic oxidation sites excluding steroid dienone is 1. The zero-order valence-electron chi connectivity index (χ0n) is 9.03. The SMILES string of the molecule is C[Si](C)(C)OC1=CC(N=[N+]=[N-])CCC1. The van der Waals surface area contributed by atoms with E-state index in [9.17, 15) is 0 Å². The van der Waals surface area contributed by atoms with Crippen molar-refractivity contribution >= 4 is 8.32 Å². The van der Waals surface area contributed by atoms with Crippen LogP contribution in [0, 0.1) is 0 Å². The van der Waals surface area contributed by atoms with Gasteiger partial charge in [-0.05, 0) is 44.1 Å². The van der Waals surface area contributed by atoms with Crippen molar-refractivity contribution in [2.75, 3.05) is 0 Å². The van der Waals surface area contributed by atoms with Crippen LogP contribution in [0.2, 0.25) is 19.6 Å². The summed E-state index contributed by atoms with van der Waals surface area (Å²) in [7, 11) is -1.50. The number of nitrogens with zero attached hydrogens (tertiary/aromatic N) is 3. The van der Waals surface area contributed by atoms with Crippen LogP contribution in [-0.4, -0.2) is 14.4 Å². The van der Waals surface area contributed by atoms with Gasteiger partial charge in [-0.25, -0.2) is 0 Å². The summed E-state index contributed by atoms with van der Waals surface area (Å²) >= 11 is 0. The van der Waals surface area contributed by atoms with Crippen LogP contribution in [0.1, 0.15) is 19.3 Å². The first-order valence-electron chi connectivity index (χ1n) is 4.95. The standard InChI is InChI=1S/C9H17N3OSi/c1-14(2,3)13-9-6-4-5-8(7-9)11-12-10/h7-8H,4-6H2,1-3H3. The van der Waals surface area contributed by atoms with E-state index >= 15 is 0 Å². The molecular weight excluding hydrogens is 194 g/mol. The zero-order chi connectivity index (χ0) is 10.6. The maximum Gasteiger partial charge on any atom is 0.241 e. The molecule has 14 heavy (non-hydrogen) atoms. The molecule has 1 aliphatic carbocycles. The van der Waals surface area contributed by atoms with Gasteiger partial charge in [-0.2, -0.15) is 0 Å². The topological polar surface area (TPSA) is 58.0 Å². The van der Waals surface area contributed by atoms with Crippen LogP contribution in [0.15, 0.2) is 16.9 Å². The van der Waals surface area contributed by atoms with E-state index in [1.165, 1.54) is 0 Å². The molecule has 0 spiro atoms. The van der Waals surface area contributed by atoms with Crippen molar-refractivity contribution in [1.82, 2.24) is 0 Å². The maximum atomic E-state index is 8.33. The molecule has 0 amide bonds. The molecule has 78 valence electrons. The van der Waals surface area contributed by atoms with E-state index in [0.717, 1.165) is 25.0 Å². The third-order valence-electron chi connectivity index (χ3n) is 1.94. The van der Waals surface area contributed by atoms with Crippen LogP contribution < -0.4 is 0 Å². The summed E-state index contributed by atoms with van der Waals surface area (Å²) in [6.45, 7) is 6.47.